The van der Waals surface area contributed by atoms with Crippen molar-refractivity contribution in [2.24, 2.45) is 0 Å². The number of hydrogen-bond donors (Lipinski definition) is 0. The van der Waals surface area contributed by atoms with E-state index in [2.05, 4.69) is 14.7 Å². The molecule has 1 aromatic heterocycles. The lowest BCUT2D eigenvalue weighted by atomic mass is 10.0. The maximum atomic E-state index is 11.9. The molecule has 0 bridgehead atoms. The van der Waals surface area contributed by atoms with Crippen LogP contribution in [0.15, 0.2) is 24.4 Å². The Balaban J connectivity index is 1.94. The van der Waals surface area contributed by atoms with Crippen LogP contribution in [0, 0.1) is 10.1 Å². The zero-order chi connectivity index (χ0) is 18.0. The van der Waals surface area contributed by atoms with Crippen LogP contribution in [0.4, 0.5) is 11.4 Å². The summed E-state index contributed by atoms with van der Waals surface area (Å²) in [4.78, 5) is 33.4. The highest BCUT2D eigenvalue weighted by Gasteiger charge is 2.24. The third-order valence-electron chi connectivity index (χ3n) is 4.26. The SMILES string of the molecule is CCc1ncc2c(n1)CN(c1ccc([N+](=O)[O-])c(C(=O)OC)c1)CC2. The van der Waals surface area contributed by atoms with E-state index >= 15 is 0 Å². The van der Waals surface area contributed by atoms with Crippen LogP contribution >= 0.6 is 0 Å². The van der Waals surface area contributed by atoms with Gasteiger partial charge in [0.15, 0.2) is 0 Å². The largest absolute Gasteiger partial charge is 0.465 e. The second kappa shape index (κ2) is 6.84. The molecule has 8 heteroatoms. The number of carbonyl (C=O) groups is 1. The van der Waals surface area contributed by atoms with Crippen molar-refractivity contribution in [1.29, 1.82) is 0 Å². The molecule has 130 valence electrons. The zero-order valence-electron chi connectivity index (χ0n) is 14.1. The number of nitrogens with zero attached hydrogens (tertiary/aromatic N) is 4. The van der Waals surface area contributed by atoms with Gasteiger partial charge in [-0.05, 0) is 24.1 Å². The molecule has 1 aromatic carbocycles. The zero-order valence-corrected chi connectivity index (χ0v) is 14.1. The number of carbonyl (C=O) groups excluding carboxylic acids is 1. The van der Waals surface area contributed by atoms with Gasteiger partial charge in [-0.25, -0.2) is 14.8 Å². The predicted octanol–water partition coefficient (Wildman–Crippen LogP) is 2.30. The number of rotatable bonds is 4. The summed E-state index contributed by atoms with van der Waals surface area (Å²) in [5.74, 6) is 0.0705. The molecule has 25 heavy (non-hydrogen) atoms. The highest BCUT2D eigenvalue weighted by molar-refractivity contribution is 5.95. The van der Waals surface area contributed by atoms with Crippen LogP contribution in [0.25, 0.3) is 0 Å². The maximum Gasteiger partial charge on any atom is 0.344 e. The molecule has 0 amide bonds. The van der Waals surface area contributed by atoms with Gasteiger partial charge in [-0.15, -0.1) is 0 Å². The van der Waals surface area contributed by atoms with Gasteiger partial charge in [-0.1, -0.05) is 6.92 Å². The normalized spacial score (nSPS) is 13.3. The van der Waals surface area contributed by atoms with Gasteiger partial charge in [0.1, 0.15) is 11.4 Å². The highest BCUT2D eigenvalue weighted by atomic mass is 16.6. The number of aryl methyl sites for hydroxylation is 1. The van der Waals surface area contributed by atoms with E-state index in [0.29, 0.717) is 6.54 Å². The van der Waals surface area contributed by atoms with Crippen LogP contribution in [0.5, 0.6) is 0 Å². The number of esters is 1. The molecule has 2 heterocycles. The first-order chi connectivity index (χ1) is 12.0. The molecule has 0 radical (unpaired) electrons. The lowest BCUT2D eigenvalue weighted by Crippen LogP contribution is -2.31. The molecule has 1 aliphatic rings. The van der Waals surface area contributed by atoms with Crippen molar-refractivity contribution in [2.45, 2.75) is 26.3 Å². The van der Waals surface area contributed by atoms with Crippen molar-refractivity contribution < 1.29 is 14.5 Å². The number of nitro benzene ring substituents is 1. The molecule has 0 saturated carbocycles. The van der Waals surface area contributed by atoms with Crippen LogP contribution in [-0.2, 0) is 24.1 Å². The van der Waals surface area contributed by atoms with Crippen molar-refractivity contribution >= 4 is 17.3 Å². The second-order valence-corrected chi connectivity index (χ2v) is 5.73. The fourth-order valence-corrected chi connectivity index (χ4v) is 2.89. The number of ether oxygens (including phenoxy) is 1. The number of aromatic nitrogens is 2. The van der Waals surface area contributed by atoms with Crippen LogP contribution in [0.3, 0.4) is 0 Å². The average molecular weight is 342 g/mol. The van der Waals surface area contributed by atoms with Gasteiger partial charge in [-0.3, -0.25) is 10.1 Å². The van der Waals surface area contributed by atoms with Gasteiger partial charge < -0.3 is 9.64 Å². The van der Waals surface area contributed by atoms with Gasteiger partial charge in [0.25, 0.3) is 5.69 Å². The van der Waals surface area contributed by atoms with Crippen LogP contribution in [0.2, 0.25) is 0 Å². The second-order valence-electron chi connectivity index (χ2n) is 5.73. The van der Waals surface area contributed by atoms with E-state index in [1.807, 2.05) is 18.0 Å². The first kappa shape index (κ1) is 16.8. The number of nitro groups is 1. The minimum atomic E-state index is -0.721. The molecule has 8 nitrogen and oxygen atoms in total. The number of benzene rings is 1. The maximum absolute atomic E-state index is 11.9. The summed E-state index contributed by atoms with van der Waals surface area (Å²) >= 11 is 0. The molecule has 0 spiro atoms. The van der Waals surface area contributed by atoms with Crippen LogP contribution in [-0.4, -0.2) is 34.5 Å². The quantitative estimate of drug-likeness (QED) is 0.477. The fourth-order valence-electron chi connectivity index (χ4n) is 2.89. The van der Waals surface area contributed by atoms with Crippen molar-refractivity contribution in [3.8, 4) is 0 Å². The predicted molar refractivity (Wildman–Crippen MR) is 90.6 cm³/mol. The highest BCUT2D eigenvalue weighted by Crippen LogP contribution is 2.29. The third kappa shape index (κ3) is 3.28. The van der Waals surface area contributed by atoms with E-state index in [4.69, 9.17) is 0 Å². The molecule has 2 aromatic rings. The standard InChI is InChI=1S/C17H18N4O4/c1-3-16-18-9-11-6-7-20(10-14(11)19-16)12-4-5-15(21(23)24)13(8-12)17(22)25-2/h4-5,8-9H,3,6-7,10H2,1-2H3. The summed E-state index contributed by atoms with van der Waals surface area (Å²) in [5, 5.41) is 11.1. The fraction of sp³-hybridized carbons (Fsp3) is 0.353. The van der Waals surface area contributed by atoms with Gasteiger partial charge in [0, 0.05) is 30.9 Å². The Bertz CT molecular complexity index is 837. The van der Waals surface area contributed by atoms with Crippen molar-refractivity contribution in [3.63, 3.8) is 0 Å². The van der Waals surface area contributed by atoms with Crippen LogP contribution < -0.4 is 4.90 Å². The number of fused-ring (bicyclic) bond motifs is 1. The summed E-state index contributed by atoms with van der Waals surface area (Å²) in [6.07, 6.45) is 3.41. The van der Waals surface area contributed by atoms with E-state index in [1.165, 1.54) is 19.2 Å². The number of methoxy groups -OCH3 is 1. The summed E-state index contributed by atoms with van der Waals surface area (Å²) in [5.41, 5.74) is 2.49. The van der Waals surface area contributed by atoms with E-state index in [0.717, 1.165) is 42.2 Å². The monoisotopic (exact) mass is 342 g/mol. The number of anilines is 1. The van der Waals surface area contributed by atoms with E-state index in [9.17, 15) is 14.9 Å². The average Bonchev–Trinajstić information content (AvgIpc) is 2.65. The molecule has 0 unspecified atom stereocenters. The molecule has 3 rings (SSSR count). The summed E-state index contributed by atoms with van der Waals surface area (Å²) in [6, 6.07) is 4.50. The van der Waals surface area contributed by atoms with Crippen molar-refractivity contribution in [3.05, 3.63) is 57.2 Å². The molecular formula is C17H18N4O4. The minimum absolute atomic E-state index is 0.0484. The minimum Gasteiger partial charge on any atom is -0.465 e. The summed E-state index contributed by atoms with van der Waals surface area (Å²) in [6.45, 7) is 3.30. The Morgan fingerprint density at radius 3 is 2.92 bits per heavy atom. The molecular weight excluding hydrogens is 324 g/mol. The first-order valence-electron chi connectivity index (χ1n) is 7.98. The van der Waals surface area contributed by atoms with Crippen molar-refractivity contribution in [1.82, 2.24) is 9.97 Å². The van der Waals surface area contributed by atoms with E-state index < -0.39 is 10.9 Å². The molecule has 0 N–H and O–H groups in total. The first-order valence-corrected chi connectivity index (χ1v) is 7.98. The topological polar surface area (TPSA) is 98.5 Å². The lowest BCUT2D eigenvalue weighted by molar-refractivity contribution is -0.385. The van der Waals surface area contributed by atoms with Crippen molar-refractivity contribution in [2.75, 3.05) is 18.6 Å². The van der Waals surface area contributed by atoms with Gasteiger partial charge in [0.05, 0.1) is 24.3 Å². The van der Waals surface area contributed by atoms with Gasteiger partial charge in [-0.2, -0.15) is 0 Å². The molecule has 0 aliphatic carbocycles. The van der Waals surface area contributed by atoms with E-state index in [-0.39, 0.29) is 11.3 Å². The van der Waals surface area contributed by atoms with Gasteiger partial charge in [0.2, 0.25) is 0 Å². The summed E-state index contributed by atoms with van der Waals surface area (Å²) < 4.78 is 4.67. The lowest BCUT2D eigenvalue weighted by Gasteiger charge is -2.30. The Labute approximate surface area is 144 Å². The Morgan fingerprint density at radius 2 is 2.24 bits per heavy atom. The third-order valence-corrected chi connectivity index (χ3v) is 4.26. The molecule has 0 saturated heterocycles. The van der Waals surface area contributed by atoms with Gasteiger partial charge >= 0.3 is 5.97 Å². The van der Waals surface area contributed by atoms with Crippen LogP contribution in [0.1, 0.15) is 34.4 Å². The smallest absolute Gasteiger partial charge is 0.344 e. The molecule has 0 atom stereocenters. The number of hydrogen-bond acceptors (Lipinski definition) is 7. The Kier molecular flexibility index (Phi) is 4.60. The molecule has 1 aliphatic heterocycles. The Morgan fingerprint density at radius 1 is 1.44 bits per heavy atom. The Hall–Kier alpha value is -3.03. The summed E-state index contributed by atoms with van der Waals surface area (Å²) in [7, 11) is 1.21. The molecule has 0 fully saturated rings. The van der Waals surface area contributed by atoms with E-state index in [1.54, 1.807) is 6.07 Å².